The Kier molecular flexibility index (Phi) is 5.68. The highest BCUT2D eigenvalue weighted by atomic mass is 19.4. The van der Waals surface area contributed by atoms with E-state index in [0.717, 1.165) is 43.6 Å². The number of hydrogen-bond donors (Lipinski definition) is 0. The maximum Gasteiger partial charge on any atom is 0.416 e. The number of piperidine rings is 1. The molecule has 3 nitrogen and oxygen atoms in total. The summed E-state index contributed by atoms with van der Waals surface area (Å²) in [6.07, 6.45) is -1.07. The minimum Gasteiger partial charge on any atom is -0.341 e. The van der Waals surface area contributed by atoms with Gasteiger partial charge in [-0.3, -0.25) is 9.69 Å². The monoisotopic (exact) mass is 328 g/mol. The summed E-state index contributed by atoms with van der Waals surface area (Å²) in [6, 6.07) is 4.82. The smallest absolute Gasteiger partial charge is 0.341 e. The predicted molar refractivity (Wildman–Crippen MR) is 82.8 cm³/mol. The first-order valence-electron chi connectivity index (χ1n) is 7.94. The average Bonchev–Trinajstić information content (AvgIpc) is 2.54. The van der Waals surface area contributed by atoms with Gasteiger partial charge in [0.05, 0.1) is 11.6 Å². The fraction of sp³-hybridized carbons (Fsp3) is 0.588. The van der Waals surface area contributed by atoms with Crippen LogP contribution in [0.25, 0.3) is 0 Å². The predicted octanol–water partition coefficient (Wildman–Crippen LogP) is 3.54. The van der Waals surface area contributed by atoms with Gasteiger partial charge in [-0.05, 0) is 50.9 Å². The van der Waals surface area contributed by atoms with Crippen LogP contribution >= 0.6 is 0 Å². The van der Waals surface area contributed by atoms with Gasteiger partial charge in [-0.25, -0.2) is 0 Å². The summed E-state index contributed by atoms with van der Waals surface area (Å²) in [5.74, 6) is 0.0964. The molecule has 0 spiro atoms. The molecule has 1 amide bonds. The number of benzene rings is 1. The number of nitrogens with zero attached hydrogens (tertiary/aromatic N) is 2. The molecule has 0 aliphatic carbocycles. The Morgan fingerprint density at radius 3 is 2.26 bits per heavy atom. The number of carbonyl (C=O) groups excluding carboxylic acids is 1. The maximum absolute atomic E-state index is 12.6. The summed E-state index contributed by atoms with van der Waals surface area (Å²) in [4.78, 5) is 16.2. The molecule has 1 atom stereocenters. The molecule has 2 rings (SSSR count). The van der Waals surface area contributed by atoms with E-state index in [4.69, 9.17) is 0 Å². The van der Waals surface area contributed by atoms with Gasteiger partial charge in [0.25, 0.3) is 0 Å². The second-order valence-corrected chi connectivity index (χ2v) is 6.17. The van der Waals surface area contributed by atoms with Crippen molar-refractivity contribution in [3.63, 3.8) is 0 Å². The molecule has 1 unspecified atom stereocenters. The van der Waals surface area contributed by atoms with Gasteiger partial charge in [0.15, 0.2) is 0 Å². The van der Waals surface area contributed by atoms with Gasteiger partial charge < -0.3 is 4.90 Å². The Bertz CT molecular complexity index is 522. The molecule has 0 aromatic heterocycles. The zero-order valence-corrected chi connectivity index (χ0v) is 13.6. The molecule has 1 aliphatic rings. The number of carbonyl (C=O) groups is 1. The molecule has 1 aliphatic heterocycles. The number of likely N-dealkylation sites (tertiary alicyclic amines) is 1. The third kappa shape index (κ3) is 4.70. The lowest BCUT2D eigenvalue weighted by atomic mass is 10.1. The molecule has 1 fully saturated rings. The molecule has 1 saturated heterocycles. The highest BCUT2D eigenvalue weighted by Crippen LogP contribution is 2.29. The van der Waals surface area contributed by atoms with Crippen molar-refractivity contribution in [1.29, 1.82) is 0 Å². The molecular formula is C17H23F3N2O. The van der Waals surface area contributed by atoms with E-state index in [1.54, 1.807) is 0 Å². The van der Waals surface area contributed by atoms with E-state index in [-0.39, 0.29) is 11.9 Å². The molecular weight excluding hydrogens is 305 g/mol. The van der Waals surface area contributed by atoms with Gasteiger partial charge in [0.2, 0.25) is 5.91 Å². The first kappa shape index (κ1) is 17.8. The number of likely N-dealkylation sites (N-methyl/N-ethyl adjacent to an activating group) is 1. The van der Waals surface area contributed by atoms with Crippen molar-refractivity contribution < 1.29 is 18.0 Å². The van der Waals surface area contributed by atoms with Crippen molar-refractivity contribution >= 4 is 5.91 Å². The van der Waals surface area contributed by atoms with Crippen LogP contribution in [0.2, 0.25) is 0 Å². The topological polar surface area (TPSA) is 23.6 Å². The molecule has 1 aromatic carbocycles. The Morgan fingerprint density at radius 1 is 1.17 bits per heavy atom. The van der Waals surface area contributed by atoms with E-state index < -0.39 is 11.7 Å². The van der Waals surface area contributed by atoms with Crippen LogP contribution in [0.15, 0.2) is 24.3 Å². The zero-order chi connectivity index (χ0) is 17.0. The van der Waals surface area contributed by atoms with E-state index >= 15 is 0 Å². The molecule has 0 radical (unpaired) electrons. The molecule has 1 aromatic rings. The van der Waals surface area contributed by atoms with E-state index in [0.29, 0.717) is 6.54 Å². The number of hydrogen-bond acceptors (Lipinski definition) is 2. The van der Waals surface area contributed by atoms with Crippen LogP contribution in [0.4, 0.5) is 13.2 Å². The number of alkyl halides is 3. The van der Waals surface area contributed by atoms with Crippen molar-refractivity contribution in [3.8, 4) is 0 Å². The van der Waals surface area contributed by atoms with Crippen molar-refractivity contribution in [3.05, 3.63) is 35.4 Å². The van der Waals surface area contributed by atoms with Crippen molar-refractivity contribution in [2.75, 3.05) is 20.1 Å². The summed E-state index contributed by atoms with van der Waals surface area (Å²) < 4.78 is 37.7. The lowest BCUT2D eigenvalue weighted by Crippen LogP contribution is -2.47. The highest BCUT2D eigenvalue weighted by molar-refractivity contribution is 5.81. The van der Waals surface area contributed by atoms with Crippen LogP contribution in [0.5, 0.6) is 0 Å². The minimum absolute atomic E-state index is 0.0964. The molecule has 0 N–H and O–H groups in total. The summed E-state index contributed by atoms with van der Waals surface area (Å²) in [5.41, 5.74) is 0.111. The SMILES string of the molecule is CC(C(=O)N1CCCCC1)N(C)Cc1ccc(C(F)(F)F)cc1. The van der Waals surface area contributed by atoms with Crippen molar-refractivity contribution in [2.24, 2.45) is 0 Å². The maximum atomic E-state index is 12.6. The Labute approximate surface area is 135 Å². The van der Waals surface area contributed by atoms with Crippen molar-refractivity contribution in [1.82, 2.24) is 9.80 Å². The van der Waals surface area contributed by atoms with Gasteiger partial charge >= 0.3 is 6.18 Å². The first-order valence-corrected chi connectivity index (χ1v) is 7.94. The average molecular weight is 328 g/mol. The van der Waals surface area contributed by atoms with Crippen molar-refractivity contribution in [2.45, 2.75) is 44.9 Å². The Morgan fingerprint density at radius 2 is 1.74 bits per heavy atom. The van der Waals surface area contributed by atoms with E-state index in [9.17, 15) is 18.0 Å². The van der Waals surface area contributed by atoms with Gasteiger partial charge in [0, 0.05) is 19.6 Å². The second kappa shape index (κ2) is 7.34. The van der Waals surface area contributed by atoms with Gasteiger partial charge in [-0.2, -0.15) is 13.2 Å². The molecule has 0 bridgehead atoms. The Balaban J connectivity index is 1.94. The van der Waals surface area contributed by atoms with Gasteiger partial charge in [-0.15, -0.1) is 0 Å². The summed E-state index contributed by atoms with van der Waals surface area (Å²) >= 11 is 0. The van der Waals surface area contributed by atoms with Crippen LogP contribution in [-0.4, -0.2) is 41.9 Å². The highest BCUT2D eigenvalue weighted by Gasteiger charge is 2.30. The third-order valence-electron chi connectivity index (χ3n) is 4.40. The second-order valence-electron chi connectivity index (χ2n) is 6.17. The molecule has 0 saturated carbocycles. The fourth-order valence-corrected chi connectivity index (χ4v) is 2.79. The van der Waals surface area contributed by atoms with E-state index in [2.05, 4.69) is 0 Å². The summed E-state index contributed by atoms with van der Waals surface area (Å²) in [5, 5.41) is 0. The molecule has 23 heavy (non-hydrogen) atoms. The summed E-state index contributed by atoms with van der Waals surface area (Å²) in [6.45, 7) is 3.90. The largest absolute Gasteiger partial charge is 0.416 e. The normalized spacial score (nSPS) is 17.4. The van der Waals surface area contributed by atoms with Crippen LogP contribution in [0, 0.1) is 0 Å². The minimum atomic E-state index is -4.32. The van der Waals surface area contributed by atoms with Crippen LogP contribution < -0.4 is 0 Å². The third-order valence-corrected chi connectivity index (χ3v) is 4.40. The molecule has 1 heterocycles. The van der Waals surface area contributed by atoms with Gasteiger partial charge in [0.1, 0.15) is 0 Å². The van der Waals surface area contributed by atoms with E-state index in [1.807, 2.05) is 23.8 Å². The van der Waals surface area contributed by atoms with Crippen LogP contribution in [0.1, 0.15) is 37.3 Å². The lowest BCUT2D eigenvalue weighted by molar-refractivity contribution is -0.138. The van der Waals surface area contributed by atoms with Crippen LogP contribution in [0.3, 0.4) is 0 Å². The number of rotatable bonds is 4. The molecule has 6 heteroatoms. The fourth-order valence-electron chi connectivity index (χ4n) is 2.79. The quantitative estimate of drug-likeness (QED) is 0.844. The first-order chi connectivity index (χ1) is 10.8. The standard InChI is InChI=1S/C17H23F3N2O/c1-13(16(23)22-10-4-3-5-11-22)21(2)12-14-6-8-15(9-7-14)17(18,19)20/h6-9,13H,3-5,10-12H2,1-2H3. The zero-order valence-electron chi connectivity index (χ0n) is 13.6. The summed E-state index contributed by atoms with van der Waals surface area (Å²) in [7, 11) is 1.82. The molecule has 128 valence electrons. The lowest BCUT2D eigenvalue weighted by Gasteiger charge is -2.32. The van der Waals surface area contributed by atoms with Gasteiger partial charge in [-0.1, -0.05) is 12.1 Å². The number of amides is 1. The van der Waals surface area contributed by atoms with Crippen LogP contribution in [-0.2, 0) is 17.5 Å². The Hall–Kier alpha value is -1.56. The van der Waals surface area contributed by atoms with E-state index in [1.165, 1.54) is 18.6 Å². The number of halogens is 3.